The molecule has 0 saturated carbocycles. The minimum atomic E-state index is -0.753. The summed E-state index contributed by atoms with van der Waals surface area (Å²) in [5.41, 5.74) is 0.519. The highest BCUT2D eigenvalue weighted by Gasteiger charge is 2.42. The van der Waals surface area contributed by atoms with Crippen molar-refractivity contribution in [3.05, 3.63) is 34.9 Å². The number of hydrogen-bond acceptors (Lipinski definition) is 6. The average Bonchev–Trinajstić information content (AvgIpc) is 2.99. The van der Waals surface area contributed by atoms with Crippen molar-refractivity contribution < 1.29 is 19.2 Å². The van der Waals surface area contributed by atoms with E-state index in [1.165, 1.54) is 0 Å². The summed E-state index contributed by atoms with van der Waals surface area (Å²) in [6.45, 7) is 0.608. The van der Waals surface area contributed by atoms with Gasteiger partial charge in [-0.25, -0.2) is 0 Å². The summed E-state index contributed by atoms with van der Waals surface area (Å²) in [6, 6.07) is 5.81. The SMILES string of the molecule is O=C(CCC(=O)c1ccc(Cl)cc1)NC1CCCCN1C1C(=O)CSC1=O. The molecule has 1 aromatic rings. The van der Waals surface area contributed by atoms with Crippen molar-refractivity contribution in [1.82, 2.24) is 10.2 Å². The van der Waals surface area contributed by atoms with Gasteiger partial charge in [-0.05, 0) is 43.5 Å². The Morgan fingerprint density at radius 1 is 1.15 bits per heavy atom. The summed E-state index contributed by atoms with van der Waals surface area (Å²) in [6.07, 6.45) is 2.33. The molecule has 0 spiro atoms. The van der Waals surface area contributed by atoms with Crippen molar-refractivity contribution in [2.45, 2.75) is 44.3 Å². The van der Waals surface area contributed by atoms with Crippen LogP contribution < -0.4 is 5.32 Å². The van der Waals surface area contributed by atoms with E-state index in [1.807, 2.05) is 4.90 Å². The molecular formula is C19H21ClN2O4S. The van der Waals surface area contributed by atoms with Gasteiger partial charge in [-0.15, -0.1) is 0 Å². The van der Waals surface area contributed by atoms with E-state index in [0.29, 0.717) is 23.6 Å². The number of carbonyl (C=O) groups is 4. The zero-order valence-corrected chi connectivity index (χ0v) is 16.4. The van der Waals surface area contributed by atoms with Gasteiger partial charge in [0, 0.05) is 30.0 Å². The first-order valence-electron chi connectivity index (χ1n) is 8.99. The molecule has 1 aromatic carbocycles. The van der Waals surface area contributed by atoms with Gasteiger partial charge in [-0.2, -0.15) is 0 Å². The predicted molar refractivity (Wildman–Crippen MR) is 104 cm³/mol. The van der Waals surface area contributed by atoms with Crippen molar-refractivity contribution >= 4 is 46.0 Å². The van der Waals surface area contributed by atoms with Gasteiger partial charge in [-0.1, -0.05) is 23.4 Å². The average molecular weight is 409 g/mol. The zero-order valence-electron chi connectivity index (χ0n) is 14.8. The molecular weight excluding hydrogens is 388 g/mol. The summed E-state index contributed by atoms with van der Waals surface area (Å²) >= 11 is 6.85. The Kier molecular flexibility index (Phi) is 6.68. The zero-order chi connectivity index (χ0) is 19.4. The summed E-state index contributed by atoms with van der Waals surface area (Å²) in [7, 11) is 0. The number of hydrogen-bond donors (Lipinski definition) is 1. The molecule has 2 aliphatic heterocycles. The van der Waals surface area contributed by atoms with Gasteiger partial charge in [0.05, 0.1) is 11.9 Å². The van der Waals surface area contributed by atoms with Gasteiger partial charge in [0.15, 0.2) is 11.6 Å². The minimum absolute atomic E-state index is 0.0626. The Morgan fingerprint density at radius 2 is 1.89 bits per heavy atom. The molecule has 8 heteroatoms. The molecule has 2 atom stereocenters. The van der Waals surface area contributed by atoms with Crippen molar-refractivity contribution in [2.24, 2.45) is 0 Å². The molecule has 2 heterocycles. The number of likely N-dealkylation sites (tertiary alicyclic amines) is 1. The van der Waals surface area contributed by atoms with Crippen LogP contribution in [0.1, 0.15) is 42.5 Å². The molecule has 0 radical (unpaired) electrons. The molecule has 2 fully saturated rings. The second kappa shape index (κ2) is 8.99. The summed E-state index contributed by atoms with van der Waals surface area (Å²) in [4.78, 5) is 50.4. The Bertz CT molecular complexity index is 737. The van der Waals surface area contributed by atoms with E-state index < -0.39 is 6.04 Å². The van der Waals surface area contributed by atoms with Crippen LogP contribution in [-0.4, -0.2) is 52.0 Å². The van der Waals surface area contributed by atoms with Gasteiger partial charge < -0.3 is 5.32 Å². The predicted octanol–water partition coefficient (Wildman–Crippen LogP) is 2.44. The molecule has 144 valence electrons. The molecule has 3 rings (SSSR count). The number of nitrogens with zero attached hydrogens (tertiary/aromatic N) is 1. The van der Waals surface area contributed by atoms with Gasteiger partial charge in [0.2, 0.25) is 11.0 Å². The second-order valence-corrected chi connectivity index (χ2v) is 8.14. The van der Waals surface area contributed by atoms with Gasteiger partial charge in [0.25, 0.3) is 0 Å². The smallest absolute Gasteiger partial charge is 0.221 e. The maximum absolute atomic E-state index is 12.3. The highest BCUT2D eigenvalue weighted by atomic mass is 35.5. The fourth-order valence-electron chi connectivity index (χ4n) is 3.43. The number of nitrogens with one attached hydrogen (secondary N) is 1. The van der Waals surface area contributed by atoms with Crippen molar-refractivity contribution in [3.8, 4) is 0 Å². The normalized spacial score (nSPS) is 23.4. The number of thioether (sulfide) groups is 1. The van der Waals surface area contributed by atoms with E-state index in [1.54, 1.807) is 24.3 Å². The first-order chi connectivity index (χ1) is 13.0. The molecule has 0 bridgehead atoms. The van der Waals surface area contributed by atoms with Crippen molar-refractivity contribution in [3.63, 3.8) is 0 Å². The molecule has 6 nitrogen and oxygen atoms in total. The number of Topliss-reactive ketones (excluding diaryl/α,β-unsaturated/α-hetero) is 2. The van der Waals surface area contributed by atoms with E-state index >= 15 is 0 Å². The number of benzene rings is 1. The summed E-state index contributed by atoms with van der Waals surface area (Å²) < 4.78 is 0. The van der Waals surface area contributed by atoms with E-state index in [-0.39, 0.29) is 47.3 Å². The van der Waals surface area contributed by atoms with Crippen molar-refractivity contribution in [1.29, 1.82) is 0 Å². The largest absolute Gasteiger partial charge is 0.341 e. The van der Waals surface area contributed by atoms with Crippen LogP contribution in [0.5, 0.6) is 0 Å². The maximum Gasteiger partial charge on any atom is 0.221 e. The number of amides is 1. The second-order valence-electron chi connectivity index (χ2n) is 6.72. The third kappa shape index (κ3) is 4.97. The number of ketones is 2. The van der Waals surface area contributed by atoms with Crippen LogP contribution in [-0.2, 0) is 14.4 Å². The Hall–Kier alpha value is -1.70. The van der Waals surface area contributed by atoms with Crippen molar-refractivity contribution in [2.75, 3.05) is 12.3 Å². The Labute approximate surface area is 167 Å². The minimum Gasteiger partial charge on any atom is -0.341 e. The van der Waals surface area contributed by atoms with E-state index in [4.69, 9.17) is 11.6 Å². The lowest BCUT2D eigenvalue weighted by molar-refractivity contribution is -0.133. The lowest BCUT2D eigenvalue weighted by Gasteiger charge is -2.38. The van der Waals surface area contributed by atoms with E-state index in [0.717, 1.165) is 24.6 Å². The first kappa shape index (κ1) is 20.0. The molecule has 1 amide bonds. The lowest BCUT2D eigenvalue weighted by Crippen LogP contribution is -2.57. The lowest BCUT2D eigenvalue weighted by atomic mass is 10.0. The quantitative estimate of drug-likeness (QED) is 0.575. The van der Waals surface area contributed by atoms with Crippen LogP contribution in [0.25, 0.3) is 0 Å². The number of halogens is 1. The molecule has 27 heavy (non-hydrogen) atoms. The highest BCUT2D eigenvalue weighted by Crippen LogP contribution is 2.27. The van der Waals surface area contributed by atoms with Crippen LogP contribution in [0, 0.1) is 0 Å². The fourth-order valence-corrected chi connectivity index (χ4v) is 4.43. The third-order valence-electron chi connectivity index (χ3n) is 4.83. The number of rotatable bonds is 6. The third-order valence-corrected chi connectivity index (χ3v) is 6.02. The van der Waals surface area contributed by atoms with Crippen LogP contribution in [0.15, 0.2) is 24.3 Å². The van der Waals surface area contributed by atoms with Gasteiger partial charge >= 0.3 is 0 Å². The van der Waals surface area contributed by atoms with Gasteiger partial charge in [-0.3, -0.25) is 24.1 Å². The standard InChI is InChI=1S/C19H21ClN2O4S/c20-13-6-4-12(5-7-13)14(23)8-9-17(25)21-16-3-1-2-10-22(16)18-15(24)11-27-19(18)26/h4-7,16,18H,1-3,8-11H2,(H,21,25). The van der Waals surface area contributed by atoms with Crippen LogP contribution in [0.3, 0.4) is 0 Å². The molecule has 2 aliphatic rings. The van der Waals surface area contributed by atoms with Gasteiger partial charge in [0.1, 0.15) is 6.04 Å². The first-order valence-corrected chi connectivity index (χ1v) is 10.4. The van der Waals surface area contributed by atoms with E-state index in [2.05, 4.69) is 5.32 Å². The molecule has 1 N–H and O–H groups in total. The molecule has 2 unspecified atom stereocenters. The number of piperidine rings is 1. The monoisotopic (exact) mass is 408 g/mol. The summed E-state index contributed by atoms with van der Waals surface area (Å²) in [5.74, 6) is -0.264. The fraction of sp³-hybridized carbons (Fsp3) is 0.474. The Balaban J connectivity index is 1.55. The highest BCUT2D eigenvalue weighted by molar-refractivity contribution is 8.15. The topological polar surface area (TPSA) is 83.6 Å². The molecule has 0 aliphatic carbocycles. The van der Waals surface area contributed by atoms with Crippen LogP contribution >= 0.6 is 23.4 Å². The van der Waals surface area contributed by atoms with Crippen LogP contribution in [0.2, 0.25) is 5.02 Å². The molecule has 2 saturated heterocycles. The number of carbonyl (C=O) groups excluding carboxylic acids is 4. The van der Waals surface area contributed by atoms with Crippen LogP contribution in [0.4, 0.5) is 0 Å². The molecule has 0 aromatic heterocycles. The van der Waals surface area contributed by atoms with E-state index in [9.17, 15) is 19.2 Å². The Morgan fingerprint density at radius 3 is 2.56 bits per heavy atom. The summed E-state index contributed by atoms with van der Waals surface area (Å²) in [5, 5.41) is 3.31. The maximum atomic E-state index is 12.3.